The number of rotatable bonds is 4. The van der Waals surface area contributed by atoms with Crippen molar-refractivity contribution in [2.75, 3.05) is 25.1 Å². The summed E-state index contributed by atoms with van der Waals surface area (Å²) >= 11 is 3.35. The lowest BCUT2D eigenvalue weighted by Gasteiger charge is -2.18. The maximum atomic E-state index is 11.3. The first-order valence-electron chi connectivity index (χ1n) is 5.03. The molecule has 4 nitrogen and oxygen atoms in total. The zero-order valence-corrected chi connectivity index (χ0v) is 11.2. The first-order valence-corrected chi connectivity index (χ1v) is 5.82. The van der Waals surface area contributed by atoms with Gasteiger partial charge in [-0.25, -0.2) is 4.98 Å². The summed E-state index contributed by atoms with van der Waals surface area (Å²) in [5.74, 6) is 0.547. The molecule has 16 heavy (non-hydrogen) atoms. The van der Waals surface area contributed by atoms with Crippen LogP contribution in [0, 0.1) is 6.92 Å². The number of likely N-dealkylation sites (N-methyl/N-ethyl adjacent to an activating group) is 1. The Kier molecular flexibility index (Phi) is 4.73. The summed E-state index contributed by atoms with van der Waals surface area (Å²) in [6, 6.07) is 1.96. The van der Waals surface area contributed by atoms with Gasteiger partial charge in [0.15, 0.2) is 0 Å². The second-order valence-electron chi connectivity index (χ2n) is 3.46. The summed E-state index contributed by atoms with van der Waals surface area (Å²) in [5.41, 5.74) is 1.01. The van der Waals surface area contributed by atoms with Crippen molar-refractivity contribution in [3.63, 3.8) is 0 Å². The number of hydrogen-bond donors (Lipinski definition) is 0. The van der Waals surface area contributed by atoms with Gasteiger partial charge in [-0.1, -0.05) is 0 Å². The van der Waals surface area contributed by atoms with Crippen LogP contribution in [0.3, 0.4) is 0 Å². The third-order valence-corrected chi connectivity index (χ3v) is 2.48. The average Bonchev–Trinajstić information content (AvgIpc) is 2.17. The third kappa shape index (κ3) is 3.48. The molecule has 0 spiro atoms. The lowest BCUT2D eigenvalue weighted by molar-refractivity contribution is -0.141. The van der Waals surface area contributed by atoms with Gasteiger partial charge in [0.25, 0.3) is 0 Å². The summed E-state index contributed by atoms with van der Waals surface area (Å²) in [7, 11) is 1.82. The van der Waals surface area contributed by atoms with Crippen molar-refractivity contribution in [3.05, 3.63) is 22.3 Å². The molecule has 0 aliphatic carbocycles. The molecule has 0 aliphatic heterocycles. The van der Waals surface area contributed by atoms with Gasteiger partial charge in [-0.2, -0.15) is 0 Å². The Morgan fingerprint density at radius 1 is 1.62 bits per heavy atom. The van der Waals surface area contributed by atoms with E-state index in [-0.39, 0.29) is 12.5 Å². The minimum Gasteiger partial charge on any atom is -0.465 e. The number of aromatic nitrogens is 1. The summed E-state index contributed by atoms with van der Waals surface area (Å²) in [4.78, 5) is 17.3. The lowest BCUT2D eigenvalue weighted by Crippen LogP contribution is -2.28. The number of carbonyl (C=O) groups is 1. The fourth-order valence-corrected chi connectivity index (χ4v) is 1.85. The molecule has 0 N–H and O–H groups in total. The topological polar surface area (TPSA) is 42.4 Å². The summed E-state index contributed by atoms with van der Waals surface area (Å²) in [6.45, 7) is 4.36. The van der Waals surface area contributed by atoms with Crippen LogP contribution < -0.4 is 4.90 Å². The van der Waals surface area contributed by atoms with Crippen LogP contribution >= 0.6 is 15.9 Å². The number of ether oxygens (including phenoxy) is 1. The van der Waals surface area contributed by atoms with E-state index in [0.29, 0.717) is 6.61 Å². The Morgan fingerprint density at radius 2 is 2.31 bits per heavy atom. The Hall–Kier alpha value is -1.10. The minimum absolute atomic E-state index is 0.212. The number of nitrogens with zero attached hydrogens (tertiary/aromatic N) is 2. The number of esters is 1. The third-order valence-electron chi connectivity index (χ3n) is 2.05. The van der Waals surface area contributed by atoms with Gasteiger partial charge in [0, 0.05) is 17.7 Å². The lowest BCUT2D eigenvalue weighted by atomic mass is 10.3. The molecule has 1 aromatic rings. The highest BCUT2D eigenvalue weighted by atomic mass is 79.9. The van der Waals surface area contributed by atoms with Crippen molar-refractivity contribution < 1.29 is 9.53 Å². The molecule has 0 unspecified atom stereocenters. The van der Waals surface area contributed by atoms with Crippen LogP contribution in [0.25, 0.3) is 0 Å². The minimum atomic E-state index is -0.242. The molecule has 1 aromatic heterocycles. The first-order chi connectivity index (χ1) is 7.54. The maximum Gasteiger partial charge on any atom is 0.325 e. The van der Waals surface area contributed by atoms with Crippen molar-refractivity contribution in [1.82, 2.24) is 4.98 Å². The van der Waals surface area contributed by atoms with Crippen molar-refractivity contribution in [3.8, 4) is 0 Å². The van der Waals surface area contributed by atoms with Crippen molar-refractivity contribution in [2.45, 2.75) is 13.8 Å². The molecule has 0 amide bonds. The highest BCUT2D eigenvalue weighted by Crippen LogP contribution is 2.19. The molecule has 88 valence electrons. The summed E-state index contributed by atoms with van der Waals surface area (Å²) < 4.78 is 5.81. The molecular formula is C11H15BrN2O2. The number of carbonyl (C=O) groups excluding carboxylic acids is 1. The molecule has 1 heterocycles. The average molecular weight is 287 g/mol. The second kappa shape index (κ2) is 5.84. The molecule has 0 aromatic carbocycles. The van der Waals surface area contributed by atoms with Gasteiger partial charge in [0.05, 0.1) is 6.61 Å². The quantitative estimate of drug-likeness (QED) is 0.796. The zero-order chi connectivity index (χ0) is 12.1. The highest BCUT2D eigenvalue weighted by molar-refractivity contribution is 9.10. The molecule has 0 bridgehead atoms. The molecule has 0 saturated carbocycles. The largest absolute Gasteiger partial charge is 0.465 e. The predicted molar refractivity (Wildman–Crippen MR) is 66.6 cm³/mol. The molecule has 0 fully saturated rings. The Bertz CT molecular complexity index is 382. The van der Waals surface area contributed by atoms with Crippen LogP contribution in [-0.2, 0) is 9.53 Å². The van der Waals surface area contributed by atoms with E-state index in [1.54, 1.807) is 18.0 Å². The molecule has 5 heteroatoms. The summed E-state index contributed by atoms with van der Waals surface area (Å²) in [6.07, 6.45) is 1.71. The predicted octanol–water partition coefficient (Wildman–Crippen LogP) is 2.15. The monoisotopic (exact) mass is 286 g/mol. The van der Waals surface area contributed by atoms with Gasteiger partial charge < -0.3 is 9.64 Å². The Balaban J connectivity index is 2.72. The number of hydrogen-bond acceptors (Lipinski definition) is 4. The van der Waals surface area contributed by atoms with Crippen LogP contribution in [-0.4, -0.2) is 31.2 Å². The van der Waals surface area contributed by atoms with E-state index in [2.05, 4.69) is 20.9 Å². The SMILES string of the molecule is CCOC(=O)CN(C)c1ncc(Br)cc1C. The Labute approximate surface area is 104 Å². The first kappa shape index (κ1) is 13.0. The van der Waals surface area contributed by atoms with Gasteiger partial charge in [0.1, 0.15) is 12.4 Å². The van der Waals surface area contributed by atoms with E-state index in [4.69, 9.17) is 4.74 Å². The van der Waals surface area contributed by atoms with Crippen molar-refractivity contribution in [1.29, 1.82) is 0 Å². The van der Waals surface area contributed by atoms with E-state index < -0.39 is 0 Å². The Morgan fingerprint density at radius 3 is 2.88 bits per heavy atom. The fourth-order valence-electron chi connectivity index (χ4n) is 1.41. The number of pyridine rings is 1. The number of aryl methyl sites for hydroxylation is 1. The molecule has 0 atom stereocenters. The van der Waals surface area contributed by atoms with Crippen LogP contribution in [0.1, 0.15) is 12.5 Å². The van der Waals surface area contributed by atoms with E-state index >= 15 is 0 Å². The van der Waals surface area contributed by atoms with E-state index in [1.807, 2.05) is 20.0 Å². The van der Waals surface area contributed by atoms with Crippen LogP contribution in [0.15, 0.2) is 16.7 Å². The van der Waals surface area contributed by atoms with E-state index in [9.17, 15) is 4.79 Å². The van der Waals surface area contributed by atoms with Gasteiger partial charge in [0.2, 0.25) is 0 Å². The number of halogens is 1. The highest BCUT2D eigenvalue weighted by Gasteiger charge is 2.11. The van der Waals surface area contributed by atoms with Gasteiger partial charge in [-0.05, 0) is 41.4 Å². The van der Waals surface area contributed by atoms with Crippen LogP contribution in [0.2, 0.25) is 0 Å². The maximum absolute atomic E-state index is 11.3. The summed E-state index contributed by atoms with van der Waals surface area (Å²) in [5, 5.41) is 0. The van der Waals surface area contributed by atoms with E-state index in [1.165, 1.54) is 0 Å². The van der Waals surface area contributed by atoms with Crippen molar-refractivity contribution in [2.24, 2.45) is 0 Å². The smallest absolute Gasteiger partial charge is 0.325 e. The van der Waals surface area contributed by atoms with Gasteiger partial charge in [-0.3, -0.25) is 4.79 Å². The van der Waals surface area contributed by atoms with Crippen LogP contribution in [0.5, 0.6) is 0 Å². The van der Waals surface area contributed by atoms with E-state index in [0.717, 1.165) is 15.9 Å². The molecule has 0 saturated heterocycles. The van der Waals surface area contributed by atoms with Gasteiger partial charge in [-0.15, -0.1) is 0 Å². The zero-order valence-electron chi connectivity index (χ0n) is 9.66. The van der Waals surface area contributed by atoms with Crippen LogP contribution in [0.4, 0.5) is 5.82 Å². The van der Waals surface area contributed by atoms with Gasteiger partial charge >= 0.3 is 5.97 Å². The fraction of sp³-hybridized carbons (Fsp3) is 0.455. The standard InChI is InChI=1S/C11H15BrN2O2/c1-4-16-10(15)7-14(3)11-8(2)5-9(12)6-13-11/h5-6H,4,7H2,1-3H3. The second-order valence-corrected chi connectivity index (χ2v) is 4.37. The van der Waals surface area contributed by atoms with Crippen molar-refractivity contribution >= 4 is 27.7 Å². The molecule has 1 rings (SSSR count). The molecule has 0 radical (unpaired) electrons. The normalized spacial score (nSPS) is 10.0. The molecule has 0 aliphatic rings. The molecular weight excluding hydrogens is 272 g/mol. The number of anilines is 1.